The lowest BCUT2D eigenvalue weighted by Gasteiger charge is -2.29. The van der Waals surface area contributed by atoms with E-state index < -0.39 is 0 Å². The van der Waals surface area contributed by atoms with E-state index in [1.165, 1.54) is 24.7 Å². The minimum atomic E-state index is -0.0719. The molecule has 2 aliphatic rings. The van der Waals surface area contributed by atoms with Gasteiger partial charge in [0.15, 0.2) is 11.5 Å². The Morgan fingerprint density at radius 2 is 1.79 bits per heavy atom. The van der Waals surface area contributed by atoms with Gasteiger partial charge >= 0.3 is 0 Å². The highest BCUT2D eigenvalue weighted by Gasteiger charge is 2.25. The van der Waals surface area contributed by atoms with Crippen molar-refractivity contribution in [2.24, 2.45) is 0 Å². The molecule has 7 heteroatoms. The van der Waals surface area contributed by atoms with E-state index in [0.717, 1.165) is 36.4 Å². The van der Waals surface area contributed by atoms with Crippen LogP contribution in [0.25, 0.3) is 0 Å². The van der Waals surface area contributed by atoms with Crippen LogP contribution in [-0.2, 0) is 13.0 Å². The number of carbonyl (C=O) groups is 1. The summed E-state index contributed by atoms with van der Waals surface area (Å²) in [6.45, 7) is 1.18. The number of aromatic nitrogens is 2. The molecule has 1 aromatic carbocycles. The number of nitrogens with one attached hydrogen (secondary N) is 1. The molecule has 4 rings (SSSR count). The molecule has 0 spiro atoms. The number of amides is 1. The molecular weight excluding hydrogens is 356 g/mol. The Morgan fingerprint density at radius 1 is 1.07 bits per heavy atom. The maximum atomic E-state index is 13.0. The molecule has 1 fully saturated rings. The third-order valence-corrected chi connectivity index (χ3v) is 5.60. The number of carbonyl (C=O) groups excluding carboxylic acids is 1. The van der Waals surface area contributed by atoms with E-state index in [9.17, 15) is 4.79 Å². The first-order valence-corrected chi connectivity index (χ1v) is 9.79. The van der Waals surface area contributed by atoms with Gasteiger partial charge in [0.1, 0.15) is 17.8 Å². The van der Waals surface area contributed by atoms with Crippen molar-refractivity contribution in [1.29, 1.82) is 0 Å². The normalized spacial score (nSPS) is 16.6. The van der Waals surface area contributed by atoms with Gasteiger partial charge in [0.2, 0.25) is 0 Å². The second-order valence-corrected chi connectivity index (χ2v) is 7.37. The first kappa shape index (κ1) is 18.5. The van der Waals surface area contributed by atoms with E-state index in [0.29, 0.717) is 30.6 Å². The second kappa shape index (κ2) is 8.04. The highest BCUT2D eigenvalue weighted by atomic mass is 16.5. The molecule has 7 nitrogen and oxygen atoms in total. The first-order valence-electron chi connectivity index (χ1n) is 9.79. The van der Waals surface area contributed by atoms with Crippen LogP contribution in [0, 0.1) is 0 Å². The van der Waals surface area contributed by atoms with E-state index in [2.05, 4.69) is 15.3 Å². The quantitative estimate of drug-likeness (QED) is 0.857. The van der Waals surface area contributed by atoms with Crippen LogP contribution in [0.3, 0.4) is 0 Å². The Labute approximate surface area is 165 Å². The van der Waals surface area contributed by atoms with Crippen molar-refractivity contribution in [3.05, 3.63) is 41.3 Å². The Morgan fingerprint density at radius 3 is 2.50 bits per heavy atom. The zero-order chi connectivity index (χ0) is 19.5. The minimum absolute atomic E-state index is 0.0719. The fraction of sp³-hybridized carbons (Fsp3) is 0.476. The van der Waals surface area contributed by atoms with Crippen molar-refractivity contribution in [3.8, 4) is 11.5 Å². The van der Waals surface area contributed by atoms with Crippen LogP contribution < -0.4 is 14.8 Å². The third-order valence-electron chi connectivity index (χ3n) is 5.60. The van der Waals surface area contributed by atoms with Crippen LogP contribution in [0.1, 0.15) is 47.3 Å². The number of anilines is 1. The Hall–Kier alpha value is -2.83. The van der Waals surface area contributed by atoms with Crippen molar-refractivity contribution in [1.82, 2.24) is 14.9 Å². The molecule has 2 heterocycles. The van der Waals surface area contributed by atoms with Gasteiger partial charge in [-0.15, -0.1) is 0 Å². The molecule has 1 N–H and O–H groups in total. The van der Waals surface area contributed by atoms with Crippen LogP contribution in [0.5, 0.6) is 11.5 Å². The predicted octanol–water partition coefficient (Wildman–Crippen LogP) is 3.05. The van der Waals surface area contributed by atoms with Crippen LogP contribution in [0.15, 0.2) is 24.5 Å². The highest BCUT2D eigenvalue weighted by molar-refractivity contribution is 5.93. The SMILES string of the molecule is COc1cc2c(cc1OC)CN(C(=O)c1cc(NC3CCCC3)ncn1)CC2. The van der Waals surface area contributed by atoms with Crippen LogP contribution >= 0.6 is 0 Å². The lowest BCUT2D eigenvalue weighted by atomic mass is 9.98. The van der Waals surface area contributed by atoms with Gasteiger partial charge in [-0.25, -0.2) is 9.97 Å². The molecule has 0 atom stereocenters. The van der Waals surface area contributed by atoms with Crippen molar-refractivity contribution in [3.63, 3.8) is 0 Å². The van der Waals surface area contributed by atoms with Gasteiger partial charge in [0, 0.05) is 25.2 Å². The van der Waals surface area contributed by atoms with Gasteiger partial charge in [0.25, 0.3) is 5.91 Å². The van der Waals surface area contributed by atoms with E-state index in [1.54, 1.807) is 20.3 Å². The highest BCUT2D eigenvalue weighted by Crippen LogP contribution is 2.33. The van der Waals surface area contributed by atoms with Gasteiger partial charge in [-0.05, 0) is 42.5 Å². The topological polar surface area (TPSA) is 76.6 Å². The molecule has 1 saturated carbocycles. The molecule has 28 heavy (non-hydrogen) atoms. The van der Waals surface area contributed by atoms with Gasteiger partial charge < -0.3 is 19.7 Å². The van der Waals surface area contributed by atoms with Crippen LogP contribution in [-0.4, -0.2) is 47.6 Å². The summed E-state index contributed by atoms with van der Waals surface area (Å²) in [7, 11) is 3.25. The summed E-state index contributed by atoms with van der Waals surface area (Å²) in [6, 6.07) is 6.18. The lowest BCUT2D eigenvalue weighted by molar-refractivity contribution is 0.0728. The standard InChI is InChI=1S/C21H26N4O3/c1-27-18-9-14-7-8-25(12-15(14)10-19(18)28-2)21(26)17-11-20(23-13-22-17)24-16-5-3-4-6-16/h9-11,13,16H,3-8,12H2,1-2H3,(H,22,23,24). The molecular formula is C21H26N4O3. The van der Waals surface area contributed by atoms with E-state index in [4.69, 9.17) is 9.47 Å². The summed E-state index contributed by atoms with van der Waals surface area (Å²) in [6.07, 6.45) is 7.05. The molecule has 1 amide bonds. The number of hydrogen-bond acceptors (Lipinski definition) is 6. The largest absolute Gasteiger partial charge is 0.493 e. The third kappa shape index (κ3) is 3.74. The molecule has 0 radical (unpaired) electrons. The number of benzene rings is 1. The van der Waals surface area contributed by atoms with Gasteiger partial charge in [-0.1, -0.05) is 12.8 Å². The van der Waals surface area contributed by atoms with Crippen LogP contribution in [0.2, 0.25) is 0 Å². The number of fused-ring (bicyclic) bond motifs is 1. The molecule has 1 aliphatic heterocycles. The zero-order valence-corrected chi connectivity index (χ0v) is 16.4. The molecule has 0 saturated heterocycles. The Kier molecular flexibility index (Phi) is 5.32. The van der Waals surface area contributed by atoms with Crippen LogP contribution in [0.4, 0.5) is 5.82 Å². The smallest absolute Gasteiger partial charge is 0.272 e. The number of rotatable bonds is 5. The first-order chi connectivity index (χ1) is 13.7. The van der Waals surface area contributed by atoms with Gasteiger partial charge in [-0.2, -0.15) is 0 Å². The Bertz CT molecular complexity index is 865. The predicted molar refractivity (Wildman–Crippen MR) is 106 cm³/mol. The molecule has 1 aliphatic carbocycles. The van der Waals surface area contributed by atoms with E-state index in [1.807, 2.05) is 17.0 Å². The van der Waals surface area contributed by atoms with Gasteiger partial charge in [-0.3, -0.25) is 4.79 Å². The number of nitrogens with zero attached hydrogens (tertiary/aromatic N) is 3. The summed E-state index contributed by atoms with van der Waals surface area (Å²) in [5, 5.41) is 3.43. The summed E-state index contributed by atoms with van der Waals surface area (Å²) in [5.74, 6) is 2.06. The molecule has 0 bridgehead atoms. The van der Waals surface area contributed by atoms with Gasteiger partial charge in [0.05, 0.1) is 14.2 Å². The fourth-order valence-corrected chi connectivity index (χ4v) is 4.05. The zero-order valence-electron chi connectivity index (χ0n) is 16.4. The summed E-state index contributed by atoms with van der Waals surface area (Å²) in [5.41, 5.74) is 2.70. The summed E-state index contributed by atoms with van der Waals surface area (Å²) in [4.78, 5) is 23.4. The molecule has 148 valence electrons. The van der Waals surface area contributed by atoms with Crippen molar-refractivity contribution in [2.45, 2.75) is 44.7 Å². The van der Waals surface area contributed by atoms with Crippen molar-refractivity contribution < 1.29 is 14.3 Å². The monoisotopic (exact) mass is 382 g/mol. The number of ether oxygens (including phenoxy) is 2. The second-order valence-electron chi connectivity index (χ2n) is 7.37. The number of hydrogen-bond donors (Lipinski definition) is 1. The molecule has 1 aromatic heterocycles. The average molecular weight is 382 g/mol. The Balaban J connectivity index is 1.50. The lowest BCUT2D eigenvalue weighted by Crippen LogP contribution is -2.36. The summed E-state index contributed by atoms with van der Waals surface area (Å²) < 4.78 is 10.8. The van der Waals surface area contributed by atoms with Crippen molar-refractivity contribution in [2.75, 3.05) is 26.1 Å². The van der Waals surface area contributed by atoms with E-state index in [-0.39, 0.29) is 5.91 Å². The molecule has 2 aromatic rings. The fourth-order valence-electron chi connectivity index (χ4n) is 4.05. The maximum absolute atomic E-state index is 13.0. The number of methoxy groups -OCH3 is 2. The summed E-state index contributed by atoms with van der Waals surface area (Å²) >= 11 is 0. The maximum Gasteiger partial charge on any atom is 0.272 e. The average Bonchev–Trinajstić information content (AvgIpc) is 3.25. The van der Waals surface area contributed by atoms with Crippen molar-refractivity contribution >= 4 is 11.7 Å². The molecule has 0 unspecified atom stereocenters. The van der Waals surface area contributed by atoms with E-state index >= 15 is 0 Å². The minimum Gasteiger partial charge on any atom is -0.493 e.